The number of hydrogen-bond donors (Lipinski definition) is 1. The minimum absolute atomic E-state index is 0.0266. The van der Waals surface area contributed by atoms with Gasteiger partial charge in [0.1, 0.15) is 0 Å². The van der Waals surface area contributed by atoms with Gasteiger partial charge in [-0.15, -0.1) is 0 Å². The topological polar surface area (TPSA) is 71.4 Å². The predicted molar refractivity (Wildman–Crippen MR) is 66.2 cm³/mol. The number of benzene rings is 1. The van der Waals surface area contributed by atoms with Crippen LogP contribution < -0.4 is 0 Å². The Morgan fingerprint density at radius 3 is 2.65 bits per heavy atom. The molecule has 1 heterocycles. The van der Waals surface area contributed by atoms with Gasteiger partial charge in [0.05, 0.1) is 16.2 Å². The second-order valence-electron chi connectivity index (χ2n) is 3.67. The molecule has 6 heteroatoms. The van der Waals surface area contributed by atoms with Gasteiger partial charge in [-0.2, -0.15) is 0 Å². The lowest BCUT2D eigenvalue weighted by Crippen LogP contribution is -2.04. The maximum absolute atomic E-state index is 12.1. The fourth-order valence-electron chi connectivity index (χ4n) is 1.74. The fourth-order valence-corrected chi connectivity index (χ4v) is 4.44. The lowest BCUT2D eigenvalue weighted by Gasteiger charge is -2.04. The number of halogens is 1. The SMILES string of the molecule is O=C(O)CCC1=Cc2cccc(Br)c2S1(=O)=O. The van der Waals surface area contributed by atoms with E-state index in [2.05, 4.69) is 15.9 Å². The van der Waals surface area contributed by atoms with E-state index in [0.717, 1.165) is 0 Å². The molecule has 0 fully saturated rings. The Balaban J connectivity index is 2.43. The third-order valence-electron chi connectivity index (χ3n) is 2.51. The van der Waals surface area contributed by atoms with Gasteiger partial charge < -0.3 is 5.11 Å². The van der Waals surface area contributed by atoms with E-state index in [0.29, 0.717) is 10.0 Å². The molecular formula is C11H9BrO4S. The summed E-state index contributed by atoms with van der Waals surface area (Å²) in [7, 11) is -3.52. The highest BCUT2D eigenvalue weighted by atomic mass is 79.9. The monoisotopic (exact) mass is 316 g/mol. The molecule has 2 rings (SSSR count). The first kappa shape index (κ1) is 12.3. The van der Waals surface area contributed by atoms with Crippen LogP contribution in [-0.2, 0) is 14.6 Å². The molecule has 0 spiro atoms. The number of sulfone groups is 1. The van der Waals surface area contributed by atoms with Gasteiger partial charge >= 0.3 is 5.97 Å². The summed E-state index contributed by atoms with van der Waals surface area (Å²) >= 11 is 3.20. The number of carboxylic acid groups (broad SMARTS) is 1. The summed E-state index contributed by atoms with van der Waals surface area (Å²) in [5.74, 6) is -1.00. The molecular weight excluding hydrogens is 308 g/mol. The quantitative estimate of drug-likeness (QED) is 0.929. The Labute approximate surface area is 107 Å². The largest absolute Gasteiger partial charge is 0.481 e. The van der Waals surface area contributed by atoms with E-state index in [1.165, 1.54) is 0 Å². The van der Waals surface area contributed by atoms with Gasteiger partial charge in [-0.3, -0.25) is 4.79 Å². The van der Waals surface area contributed by atoms with Gasteiger partial charge in [0.2, 0.25) is 9.84 Å². The number of carboxylic acids is 1. The van der Waals surface area contributed by atoms with Gasteiger partial charge in [0.25, 0.3) is 0 Å². The van der Waals surface area contributed by atoms with Crippen molar-refractivity contribution in [1.82, 2.24) is 0 Å². The summed E-state index contributed by atoms with van der Waals surface area (Å²) in [6.45, 7) is 0. The first-order chi connectivity index (χ1) is 7.93. The molecule has 90 valence electrons. The predicted octanol–water partition coefficient (Wildman–Crippen LogP) is 2.44. The van der Waals surface area contributed by atoms with E-state index in [-0.39, 0.29) is 22.6 Å². The van der Waals surface area contributed by atoms with E-state index in [9.17, 15) is 13.2 Å². The maximum atomic E-state index is 12.1. The van der Waals surface area contributed by atoms with E-state index in [1.54, 1.807) is 24.3 Å². The molecule has 0 atom stereocenters. The van der Waals surface area contributed by atoms with Crippen molar-refractivity contribution in [3.63, 3.8) is 0 Å². The first-order valence-electron chi connectivity index (χ1n) is 4.89. The highest BCUT2D eigenvalue weighted by Gasteiger charge is 2.31. The van der Waals surface area contributed by atoms with Crippen LogP contribution in [0.25, 0.3) is 6.08 Å². The van der Waals surface area contributed by atoms with Crippen LogP contribution in [-0.4, -0.2) is 19.5 Å². The Bertz CT molecular complexity index is 616. The molecule has 1 N–H and O–H groups in total. The summed E-state index contributed by atoms with van der Waals surface area (Å²) in [5, 5.41) is 8.58. The molecule has 4 nitrogen and oxygen atoms in total. The van der Waals surface area contributed by atoms with Gasteiger partial charge in [-0.05, 0) is 40.1 Å². The van der Waals surface area contributed by atoms with Crippen LogP contribution in [0.4, 0.5) is 0 Å². The number of allylic oxidation sites excluding steroid dienone is 1. The van der Waals surface area contributed by atoms with Crippen molar-refractivity contribution in [3.8, 4) is 0 Å². The summed E-state index contributed by atoms with van der Waals surface area (Å²) in [4.78, 5) is 10.9. The number of hydrogen-bond acceptors (Lipinski definition) is 3. The molecule has 0 saturated carbocycles. The average molecular weight is 317 g/mol. The third kappa shape index (κ3) is 2.14. The van der Waals surface area contributed by atoms with Crippen molar-refractivity contribution in [2.45, 2.75) is 17.7 Å². The number of rotatable bonds is 3. The molecule has 1 aromatic rings. The van der Waals surface area contributed by atoms with Crippen LogP contribution in [0.1, 0.15) is 18.4 Å². The highest BCUT2D eigenvalue weighted by molar-refractivity contribution is 9.10. The smallest absolute Gasteiger partial charge is 0.303 e. The van der Waals surface area contributed by atoms with Crippen LogP contribution in [0.3, 0.4) is 0 Å². The molecule has 0 bridgehead atoms. The molecule has 1 aromatic carbocycles. The zero-order valence-electron chi connectivity index (χ0n) is 8.68. The summed E-state index contributed by atoms with van der Waals surface area (Å²) < 4.78 is 24.8. The molecule has 0 aliphatic carbocycles. The van der Waals surface area contributed by atoms with Crippen LogP contribution >= 0.6 is 15.9 Å². The standard InChI is InChI=1S/C11H9BrO4S/c12-9-3-1-2-7-6-8(4-5-10(13)14)17(15,16)11(7)9/h1-3,6H,4-5H2,(H,13,14). The second kappa shape index (κ2) is 4.27. The summed E-state index contributed by atoms with van der Waals surface area (Å²) in [6.07, 6.45) is 1.38. The second-order valence-corrected chi connectivity index (χ2v) is 6.46. The molecule has 0 aromatic heterocycles. The van der Waals surface area contributed by atoms with Crippen LogP contribution in [0.5, 0.6) is 0 Å². The maximum Gasteiger partial charge on any atom is 0.303 e. The Morgan fingerprint density at radius 1 is 1.35 bits per heavy atom. The fraction of sp³-hybridized carbons (Fsp3) is 0.182. The third-order valence-corrected chi connectivity index (χ3v) is 5.44. The van der Waals surface area contributed by atoms with Gasteiger partial charge in [0.15, 0.2) is 0 Å². The minimum atomic E-state index is -3.52. The summed E-state index contributed by atoms with van der Waals surface area (Å²) in [5.41, 5.74) is 0.611. The van der Waals surface area contributed by atoms with Gasteiger partial charge in [-0.1, -0.05) is 12.1 Å². The lowest BCUT2D eigenvalue weighted by molar-refractivity contribution is -0.136. The Morgan fingerprint density at radius 2 is 2.06 bits per heavy atom. The number of aliphatic carboxylic acids is 1. The molecule has 0 saturated heterocycles. The molecule has 0 amide bonds. The number of fused-ring (bicyclic) bond motifs is 1. The molecule has 0 radical (unpaired) electrons. The zero-order valence-corrected chi connectivity index (χ0v) is 11.1. The average Bonchev–Trinajstić information content (AvgIpc) is 2.48. The first-order valence-corrected chi connectivity index (χ1v) is 7.16. The van der Waals surface area contributed by atoms with Crippen LogP contribution in [0, 0.1) is 0 Å². The van der Waals surface area contributed by atoms with Gasteiger partial charge in [0, 0.05) is 4.47 Å². The van der Waals surface area contributed by atoms with Crippen LogP contribution in [0.15, 0.2) is 32.5 Å². The van der Waals surface area contributed by atoms with E-state index >= 15 is 0 Å². The van der Waals surface area contributed by atoms with Crippen molar-refractivity contribution >= 4 is 37.8 Å². The molecule has 1 aliphatic rings. The van der Waals surface area contributed by atoms with Crippen molar-refractivity contribution in [1.29, 1.82) is 0 Å². The highest BCUT2D eigenvalue weighted by Crippen LogP contribution is 2.39. The zero-order chi connectivity index (χ0) is 12.6. The lowest BCUT2D eigenvalue weighted by atomic mass is 10.2. The molecule has 0 unspecified atom stereocenters. The van der Waals surface area contributed by atoms with E-state index < -0.39 is 15.8 Å². The Kier molecular flexibility index (Phi) is 3.09. The number of carbonyl (C=O) groups is 1. The van der Waals surface area contributed by atoms with Crippen molar-refractivity contribution < 1.29 is 18.3 Å². The Hall–Kier alpha value is -1.14. The summed E-state index contributed by atoms with van der Waals surface area (Å²) in [6, 6.07) is 5.10. The van der Waals surface area contributed by atoms with Crippen LogP contribution in [0.2, 0.25) is 0 Å². The van der Waals surface area contributed by atoms with Gasteiger partial charge in [-0.25, -0.2) is 8.42 Å². The van der Waals surface area contributed by atoms with Crippen molar-refractivity contribution in [2.24, 2.45) is 0 Å². The molecule has 17 heavy (non-hydrogen) atoms. The van der Waals surface area contributed by atoms with Crippen molar-refractivity contribution in [3.05, 3.63) is 33.1 Å². The van der Waals surface area contributed by atoms with Crippen molar-refractivity contribution in [2.75, 3.05) is 0 Å². The minimum Gasteiger partial charge on any atom is -0.481 e. The van der Waals surface area contributed by atoms with E-state index in [1.807, 2.05) is 0 Å². The van der Waals surface area contributed by atoms with E-state index in [4.69, 9.17) is 5.11 Å². The molecule has 1 aliphatic heterocycles. The normalized spacial score (nSPS) is 16.4.